The van der Waals surface area contributed by atoms with Gasteiger partial charge >= 0.3 is 0 Å². The molecule has 2 aromatic rings. The zero-order valence-electron chi connectivity index (χ0n) is 13.1. The number of aryl methyl sites for hydroxylation is 2. The predicted octanol–water partition coefficient (Wildman–Crippen LogP) is 3.80. The van der Waals surface area contributed by atoms with E-state index < -0.39 is 23.1 Å². The van der Waals surface area contributed by atoms with Gasteiger partial charge in [-0.2, -0.15) is 0 Å². The van der Waals surface area contributed by atoms with Gasteiger partial charge in [0.2, 0.25) is 0 Å². The molecule has 1 amide bonds. The van der Waals surface area contributed by atoms with Gasteiger partial charge in [0.1, 0.15) is 23.0 Å². The minimum absolute atomic E-state index is 0.247. The van der Waals surface area contributed by atoms with Crippen molar-refractivity contribution >= 4 is 5.91 Å². The molecular weight excluding hydrogens is 302 g/mol. The van der Waals surface area contributed by atoms with Gasteiger partial charge in [0.05, 0.1) is 11.7 Å². The monoisotopic (exact) mass is 320 g/mol. The van der Waals surface area contributed by atoms with Crippen LogP contribution in [0, 0.1) is 18.6 Å². The molecule has 3 rings (SSSR count). The number of benzene rings is 1. The van der Waals surface area contributed by atoms with Crippen molar-refractivity contribution in [3.63, 3.8) is 0 Å². The summed E-state index contributed by atoms with van der Waals surface area (Å²) in [4.78, 5) is 14.2. The van der Waals surface area contributed by atoms with Crippen molar-refractivity contribution in [2.45, 2.75) is 39.2 Å². The second-order valence-corrected chi connectivity index (χ2v) is 5.71. The van der Waals surface area contributed by atoms with Crippen molar-refractivity contribution in [1.82, 2.24) is 10.1 Å². The summed E-state index contributed by atoms with van der Waals surface area (Å²) in [5.74, 6) is -1.57. The lowest BCUT2D eigenvalue weighted by Gasteiger charge is -2.25. The van der Waals surface area contributed by atoms with Gasteiger partial charge in [-0.05, 0) is 31.9 Å². The number of amides is 1. The molecule has 6 heteroatoms. The second kappa shape index (κ2) is 6.10. The molecule has 1 aliphatic heterocycles. The number of halogens is 2. The van der Waals surface area contributed by atoms with Crippen molar-refractivity contribution in [3.8, 4) is 0 Å². The number of likely N-dealkylation sites (tertiary alicyclic amines) is 1. The number of hydrogen-bond acceptors (Lipinski definition) is 3. The lowest BCUT2D eigenvalue weighted by molar-refractivity contribution is 0.0724. The minimum Gasteiger partial charge on any atom is -0.361 e. The highest BCUT2D eigenvalue weighted by Crippen LogP contribution is 2.37. The first-order valence-electron chi connectivity index (χ1n) is 7.74. The molecule has 1 unspecified atom stereocenters. The lowest BCUT2D eigenvalue weighted by atomic mass is 10.0. The molecule has 1 aromatic heterocycles. The molecule has 0 N–H and O–H groups in total. The van der Waals surface area contributed by atoms with E-state index in [9.17, 15) is 13.6 Å². The fourth-order valence-corrected chi connectivity index (χ4v) is 3.26. The van der Waals surface area contributed by atoms with Gasteiger partial charge in [0.25, 0.3) is 5.91 Å². The Morgan fingerprint density at radius 1 is 1.39 bits per heavy atom. The molecule has 4 nitrogen and oxygen atoms in total. The maximum atomic E-state index is 13.9. The fourth-order valence-electron chi connectivity index (χ4n) is 3.26. The van der Waals surface area contributed by atoms with Gasteiger partial charge in [-0.25, -0.2) is 8.78 Å². The molecular formula is C17H18F2N2O2. The van der Waals surface area contributed by atoms with Gasteiger partial charge in [-0.3, -0.25) is 4.79 Å². The van der Waals surface area contributed by atoms with Crippen LogP contribution in [0.2, 0.25) is 0 Å². The smallest absolute Gasteiger partial charge is 0.260 e. The Morgan fingerprint density at radius 3 is 2.74 bits per heavy atom. The van der Waals surface area contributed by atoms with Crippen LogP contribution in [-0.4, -0.2) is 22.5 Å². The largest absolute Gasteiger partial charge is 0.361 e. The van der Waals surface area contributed by atoms with Gasteiger partial charge in [-0.15, -0.1) is 0 Å². The molecule has 2 heterocycles. The summed E-state index contributed by atoms with van der Waals surface area (Å²) in [6.07, 6.45) is 2.17. The number of hydrogen-bond donors (Lipinski definition) is 0. The number of carbonyl (C=O) groups is 1. The van der Waals surface area contributed by atoms with E-state index in [-0.39, 0.29) is 6.04 Å². The van der Waals surface area contributed by atoms with Crippen LogP contribution < -0.4 is 0 Å². The molecule has 1 atom stereocenters. The van der Waals surface area contributed by atoms with Crippen LogP contribution >= 0.6 is 0 Å². The number of rotatable bonds is 3. The van der Waals surface area contributed by atoms with E-state index in [0.29, 0.717) is 13.0 Å². The molecule has 0 bridgehead atoms. The summed E-state index contributed by atoms with van der Waals surface area (Å²) in [7, 11) is 0. The van der Waals surface area contributed by atoms with E-state index in [1.54, 1.807) is 0 Å². The Kier molecular flexibility index (Phi) is 4.15. The molecule has 1 aliphatic rings. The maximum Gasteiger partial charge on any atom is 0.260 e. The molecule has 23 heavy (non-hydrogen) atoms. The van der Waals surface area contributed by atoms with E-state index in [2.05, 4.69) is 5.16 Å². The van der Waals surface area contributed by atoms with Crippen LogP contribution in [-0.2, 0) is 6.42 Å². The summed E-state index contributed by atoms with van der Waals surface area (Å²) in [6.45, 7) is 4.23. The van der Waals surface area contributed by atoms with E-state index in [0.717, 1.165) is 42.0 Å². The Bertz CT molecular complexity index is 722. The zero-order chi connectivity index (χ0) is 16.6. The summed E-state index contributed by atoms with van der Waals surface area (Å²) in [5, 5.41) is 3.97. The Morgan fingerprint density at radius 2 is 2.09 bits per heavy atom. The quantitative estimate of drug-likeness (QED) is 0.864. The standard InChI is InChI=1S/C17H18F2N2O2/c1-3-14-15(10(2)20-23-14)13-8-5-9-21(13)17(22)16-11(18)6-4-7-12(16)19/h4,6-7,13H,3,5,8-9H2,1-2H3. The van der Waals surface area contributed by atoms with Crippen LogP contribution in [0.3, 0.4) is 0 Å². The van der Waals surface area contributed by atoms with E-state index >= 15 is 0 Å². The van der Waals surface area contributed by atoms with Crippen molar-refractivity contribution in [1.29, 1.82) is 0 Å². The van der Waals surface area contributed by atoms with Crippen molar-refractivity contribution in [2.24, 2.45) is 0 Å². The number of aromatic nitrogens is 1. The highest BCUT2D eigenvalue weighted by molar-refractivity contribution is 5.95. The van der Waals surface area contributed by atoms with Crippen LogP contribution in [0.4, 0.5) is 8.78 Å². The molecule has 1 aromatic carbocycles. The van der Waals surface area contributed by atoms with Gasteiger partial charge in [0, 0.05) is 18.5 Å². The van der Waals surface area contributed by atoms with Crippen molar-refractivity contribution in [2.75, 3.05) is 6.54 Å². The van der Waals surface area contributed by atoms with Crippen molar-refractivity contribution < 1.29 is 18.1 Å². The Balaban J connectivity index is 1.99. The van der Waals surface area contributed by atoms with Crippen molar-refractivity contribution in [3.05, 3.63) is 52.4 Å². The number of nitrogens with zero attached hydrogens (tertiary/aromatic N) is 2. The molecule has 0 aliphatic carbocycles. The number of carbonyl (C=O) groups excluding carboxylic acids is 1. The average Bonchev–Trinajstić information content (AvgIpc) is 3.12. The highest BCUT2D eigenvalue weighted by atomic mass is 19.1. The average molecular weight is 320 g/mol. The highest BCUT2D eigenvalue weighted by Gasteiger charge is 2.36. The maximum absolute atomic E-state index is 13.9. The Hall–Kier alpha value is -2.24. The topological polar surface area (TPSA) is 46.3 Å². The fraction of sp³-hybridized carbons (Fsp3) is 0.412. The lowest BCUT2D eigenvalue weighted by Crippen LogP contribution is -2.32. The summed E-state index contributed by atoms with van der Waals surface area (Å²) in [5.41, 5.74) is 1.10. The van der Waals surface area contributed by atoms with Gasteiger partial charge in [-0.1, -0.05) is 18.1 Å². The first-order valence-corrected chi connectivity index (χ1v) is 7.74. The summed E-state index contributed by atoms with van der Waals surface area (Å²) in [6, 6.07) is 3.21. The molecule has 0 spiro atoms. The molecule has 122 valence electrons. The molecule has 0 radical (unpaired) electrons. The van der Waals surface area contributed by atoms with Crippen LogP contribution in [0.1, 0.15) is 53.2 Å². The van der Waals surface area contributed by atoms with E-state index in [1.165, 1.54) is 11.0 Å². The van der Waals surface area contributed by atoms with Gasteiger partial charge in [0.15, 0.2) is 0 Å². The first-order chi connectivity index (χ1) is 11.0. The van der Waals surface area contributed by atoms with Crippen LogP contribution in [0.25, 0.3) is 0 Å². The predicted molar refractivity (Wildman–Crippen MR) is 80.0 cm³/mol. The van der Waals surface area contributed by atoms with E-state index in [4.69, 9.17) is 4.52 Å². The van der Waals surface area contributed by atoms with Crippen LogP contribution in [0.5, 0.6) is 0 Å². The molecule has 0 saturated carbocycles. The summed E-state index contributed by atoms with van der Waals surface area (Å²) < 4.78 is 33.2. The summed E-state index contributed by atoms with van der Waals surface area (Å²) >= 11 is 0. The normalized spacial score (nSPS) is 17.7. The molecule has 1 saturated heterocycles. The first kappa shape index (κ1) is 15.6. The third-order valence-corrected chi connectivity index (χ3v) is 4.33. The third-order valence-electron chi connectivity index (χ3n) is 4.33. The SMILES string of the molecule is CCc1onc(C)c1C1CCCN1C(=O)c1c(F)cccc1F. The van der Waals surface area contributed by atoms with E-state index in [1.807, 2.05) is 13.8 Å². The molecule has 1 fully saturated rings. The third kappa shape index (κ3) is 2.62. The van der Waals surface area contributed by atoms with Crippen LogP contribution in [0.15, 0.2) is 22.7 Å². The Labute approximate surface area is 133 Å². The van der Waals surface area contributed by atoms with Gasteiger partial charge < -0.3 is 9.42 Å². The minimum atomic E-state index is -0.835. The zero-order valence-corrected chi connectivity index (χ0v) is 13.1. The second-order valence-electron chi connectivity index (χ2n) is 5.71.